The van der Waals surface area contributed by atoms with Crippen LogP contribution in [0.1, 0.15) is 28.4 Å². The summed E-state index contributed by atoms with van der Waals surface area (Å²) in [6.07, 6.45) is -1.07. The van der Waals surface area contributed by atoms with Gasteiger partial charge in [0.05, 0.1) is 10.5 Å². The Morgan fingerprint density at radius 3 is 2.75 bits per heavy atom. The number of hydrogen-bond donors (Lipinski definition) is 1. The quantitative estimate of drug-likeness (QED) is 0.460. The smallest absolute Gasteiger partial charge is 0.339 e. The minimum Gasteiger partial charge on any atom is -0.454 e. The summed E-state index contributed by atoms with van der Waals surface area (Å²) < 4.78 is 15.7. The van der Waals surface area contributed by atoms with Crippen molar-refractivity contribution in [2.45, 2.75) is 26.5 Å². The van der Waals surface area contributed by atoms with Crippen LogP contribution >= 0.6 is 0 Å². The van der Waals surface area contributed by atoms with Crippen molar-refractivity contribution < 1.29 is 28.7 Å². The molecule has 0 spiro atoms. The number of benzene rings is 2. The number of nitrogens with one attached hydrogen (secondary N) is 1. The number of fused-ring (bicyclic) bond motifs is 1. The summed E-state index contributed by atoms with van der Waals surface area (Å²) in [6, 6.07) is 9.41. The number of rotatable bonds is 6. The lowest BCUT2D eigenvalue weighted by atomic mass is 10.1. The van der Waals surface area contributed by atoms with Crippen molar-refractivity contribution in [3.8, 4) is 11.5 Å². The molecule has 0 bridgehead atoms. The summed E-state index contributed by atoms with van der Waals surface area (Å²) in [5, 5.41) is 13.7. The van der Waals surface area contributed by atoms with Crippen LogP contribution in [-0.2, 0) is 16.1 Å². The number of carbonyl (C=O) groups excluding carboxylic acids is 2. The van der Waals surface area contributed by atoms with Crippen molar-refractivity contribution in [3.05, 3.63) is 63.2 Å². The molecule has 0 saturated carbocycles. The molecule has 9 nitrogen and oxygen atoms in total. The minimum absolute atomic E-state index is 0.0459. The van der Waals surface area contributed by atoms with E-state index < -0.39 is 22.9 Å². The van der Waals surface area contributed by atoms with Crippen LogP contribution in [0.25, 0.3) is 0 Å². The topological polar surface area (TPSA) is 117 Å². The average molecular weight is 386 g/mol. The largest absolute Gasteiger partial charge is 0.454 e. The van der Waals surface area contributed by atoms with Gasteiger partial charge in [0.2, 0.25) is 6.79 Å². The monoisotopic (exact) mass is 386 g/mol. The number of nitro benzene ring substituents is 1. The van der Waals surface area contributed by atoms with E-state index in [1.54, 1.807) is 18.2 Å². The Morgan fingerprint density at radius 2 is 2.00 bits per heavy atom. The van der Waals surface area contributed by atoms with Gasteiger partial charge in [0, 0.05) is 18.2 Å². The Morgan fingerprint density at radius 1 is 1.25 bits per heavy atom. The van der Waals surface area contributed by atoms with Gasteiger partial charge in [-0.2, -0.15) is 0 Å². The highest BCUT2D eigenvalue weighted by molar-refractivity contribution is 5.94. The molecule has 1 amide bonds. The maximum atomic E-state index is 12.3. The molecule has 28 heavy (non-hydrogen) atoms. The van der Waals surface area contributed by atoms with Gasteiger partial charge in [-0.15, -0.1) is 0 Å². The van der Waals surface area contributed by atoms with E-state index in [1.165, 1.54) is 32.0 Å². The second kappa shape index (κ2) is 7.95. The summed E-state index contributed by atoms with van der Waals surface area (Å²) in [6.45, 7) is 3.26. The number of ether oxygens (including phenoxy) is 3. The number of amides is 1. The molecule has 0 aliphatic carbocycles. The molecule has 1 N–H and O–H groups in total. The first-order valence-electron chi connectivity index (χ1n) is 8.48. The van der Waals surface area contributed by atoms with Gasteiger partial charge in [0.15, 0.2) is 17.6 Å². The van der Waals surface area contributed by atoms with Crippen molar-refractivity contribution in [2.24, 2.45) is 0 Å². The molecule has 0 fully saturated rings. The number of nitro groups is 1. The molecule has 0 saturated heterocycles. The van der Waals surface area contributed by atoms with E-state index in [2.05, 4.69) is 5.32 Å². The van der Waals surface area contributed by atoms with E-state index in [9.17, 15) is 19.7 Å². The van der Waals surface area contributed by atoms with Crippen LogP contribution in [-0.4, -0.2) is 29.7 Å². The number of nitrogens with zero attached hydrogens (tertiary/aromatic N) is 1. The first-order valence-corrected chi connectivity index (χ1v) is 8.48. The van der Waals surface area contributed by atoms with Crippen LogP contribution in [0.4, 0.5) is 5.69 Å². The molecule has 1 heterocycles. The molecular weight excluding hydrogens is 368 g/mol. The van der Waals surface area contributed by atoms with E-state index in [0.717, 1.165) is 5.56 Å². The van der Waals surface area contributed by atoms with E-state index in [0.29, 0.717) is 11.5 Å². The predicted molar refractivity (Wildman–Crippen MR) is 97.1 cm³/mol. The lowest BCUT2D eigenvalue weighted by Gasteiger charge is -2.14. The summed E-state index contributed by atoms with van der Waals surface area (Å²) in [4.78, 5) is 34.9. The molecule has 1 aliphatic heterocycles. The number of hydrogen-bond acceptors (Lipinski definition) is 7. The Bertz CT molecular complexity index is 942. The zero-order valence-corrected chi connectivity index (χ0v) is 15.3. The van der Waals surface area contributed by atoms with Crippen molar-refractivity contribution in [1.82, 2.24) is 5.32 Å². The lowest BCUT2D eigenvalue weighted by Crippen LogP contribution is -2.35. The molecule has 0 radical (unpaired) electrons. The van der Waals surface area contributed by atoms with Crippen LogP contribution < -0.4 is 14.8 Å². The zero-order chi connectivity index (χ0) is 20.3. The minimum atomic E-state index is -1.07. The molecule has 1 atom stereocenters. The summed E-state index contributed by atoms with van der Waals surface area (Å²) in [5.41, 5.74) is 0.843. The normalized spacial score (nSPS) is 12.9. The van der Waals surface area contributed by atoms with E-state index in [4.69, 9.17) is 14.2 Å². The fourth-order valence-corrected chi connectivity index (χ4v) is 2.70. The third-order valence-electron chi connectivity index (χ3n) is 4.28. The summed E-state index contributed by atoms with van der Waals surface area (Å²) in [7, 11) is 0. The van der Waals surface area contributed by atoms with Crippen molar-refractivity contribution >= 4 is 17.6 Å². The van der Waals surface area contributed by atoms with E-state index >= 15 is 0 Å². The fraction of sp³-hybridized carbons (Fsp3) is 0.263. The molecule has 9 heteroatoms. The molecule has 0 aromatic heterocycles. The Hall–Kier alpha value is -3.62. The molecule has 3 rings (SSSR count). The average Bonchev–Trinajstić information content (AvgIpc) is 3.13. The van der Waals surface area contributed by atoms with Gasteiger partial charge in [-0.3, -0.25) is 14.9 Å². The first-order chi connectivity index (χ1) is 13.4. The Kier molecular flexibility index (Phi) is 5.44. The molecule has 2 aromatic rings. The highest BCUT2D eigenvalue weighted by Crippen LogP contribution is 2.32. The van der Waals surface area contributed by atoms with Crippen LogP contribution in [0.2, 0.25) is 0 Å². The maximum Gasteiger partial charge on any atom is 0.339 e. The van der Waals surface area contributed by atoms with Gasteiger partial charge in [-0.25, -0.2) is 4.79 Å². The van der Waals surface area contributed by atoms with Gasteiger partial charge in [-0.1, -0.05) is 12.1 Å². The lowest BCUT2D eigenvalue weighted by molar-refractivity contribution is -0.385. The predicted octanol–water partition coefficient (Wildman–Crippen LogP) is 2.49. The van der Waals surface area contributed by atoms with E-state index in [-0.39, 0.29) is 30.2 Å². The highest BCUT2D eigenvalue weighted by Gasteiger charge is 2.23. The Labute approximate surface area is 160 Å². The number of carbonyl (C=O) groups is 2. The van der Waals surface area contributed by atoms with E-state index in [1.807, 2.05) is 0 Å². The molecule has 0 unspecified atom stereocenters. The van der Waals surface area contributed by atoms with Gasteiger partial charge in [0.25, 0.3) is 11.6 Å². The highest BCUT2D eigenvalue weighted by atomic mass is 16.7. The first kappa shape index (κ1) is 19.2. The van der Waals surface area contributed by atoms with Crippen molar-refractivity contribution in [3.63, 3.8) is 0 Å². The second-order valence-corrected chi connectivity index (χ2v) is 6.16. The SMILES string of the molecule is Cc1c(C(=O)O[C@@H](C)C(=O)NCc2ccc3c(c2)OCO3)cccc1[N+](=O)[O-]. The number of esters is 1. The van der Waals surface area contributed by atoms with Crippen LogP contribution in [0.3, 0.4) is 0 Å². The maximum absolute atomic E-state index is 12.3. The summed E-state index contributed by atoms with van der Waals surface area (Å²) >= 11 is 0. The van der Waals surface area contributed by atoms with Crippen LogP contribution in [0.5, 0.6) is 11.5 Å². The molecular formula is C19H18N2O7. The van der Waals surface area contributed by atoms with Gasteiger partial charge < -0.3 is 19.5 Å². The van der Waals surface area contributed by atoms with Gasteiger partial charge in [-0.05, 0) is 37.6 Å². The Balaban J connectivity index is 1.59. The van der Waals surface area contributed by atoms with Crippen LogP contribution in [0.15, 0.2) is 36.4 Å². The standard InChI is InChI=1S/C19H18N2O7/c1-11-14(4-3-5-15(11)21(24)25)19(23)28-12(2)18(22)20-9-13-6-7-16-17(8-13)27-10-26-16/h3-8,12H,9-10H2,1-2H3,(H,20,22)/t12-/m0/s1. The fourth-order valence-electron chi connectivity index (χ4n) is 2.70. The van der Waals surface area contributed by atoms with Crippen molar-refractivity contribution in [1.29, 1.82) is 0 Å². The summed E-state index contributed by atoms with van der Waals surface area (Å²) in [5.74, 6) is -0.0434. The van der Waals surface area contributed by atoms with Crippen LogP contribution in [0, 0.1) is 17.0 Å². The van der Waals surface area contributed by atoms with Crippen molar-refractivity contribution in [2.75, 3.05) is 6.79 Å². The van der Waals surface area contributed by atoms with Gasteiger partial charge in [0.1, 0.15) is 0 Å². The zero-order valence-electron chi connectivity index (χ0n) is 15.3. The third kappa shape index (κ3) is 4.03. The molecule has 2 aromatic carbocycles. The van der Waals surface area contributed by atoms with Gasteiger partial charge >= 0.3 is 5.97 Å². The second-order valence-electron chi connectivity index (χ2n) is 6.16. The molecule has 1 aliphatic rings. The third-order valence-corrected chi connectivity index (χ3v) is 4.28. The molecule has 146 valence electrons.